The summed E-state index contributed by atoms with van der Waals surface area (Å²) in [5.74, 6) is 0.655. The first kappa shape index (κ1) is 47.2. The summed E-state index contributed by atoms with van der Waals surface area (Å²) in [4.78, 5) is 0. The fourth-order valence-electron chi connectivity index (χ4n) is 15.5. The molecule has 5 aliphatic carbocycles. The Labute approximate surface area is 371 Å². The molecule has 0 aromatic heterocycles. The lowest BCUT2D eigenvalue weighted by atomic mass is 9.32. The average molecular weight is 897 g/mol. The number of allylic oxidation sites excluding steroid dienone is 1. The first-order valence-electron chi connectivity index (χ1n) is 23.7. The Hall–Kier alpha value is -0.900. The van der Waals surface area contributed by atoms with E-state index in [0.717, 1.165) is 44.9 Å². The van der Waals surface area contributed by atoms with E-state index in [2.05, 4.69) is 60.6 Å². The fourth-order valence-corrected chi connectivity index (χ4v) is 15.5. The number of rotatable bonds is 7. The molecule has 1 spiro atoms. The molecular weight excluding hydrogens is 821 g/mol. The average Bonchev–Trinajstić information content (AvgIpc) is 3.50. The zero-order chi connectivity index (χ0) is 45.6. The number of ether oxygens (including phenoxy) is 7. The molecule has 16 nitrogen and oxygen atoms in total. The monoisotopic (exact) mass is 897 g/mol. The second kappa shape index (κ2) is 15.8. The smallest absolute Gasteiger partial charge is 0.187 e. The van der Waals surface area contributed by atoms with Gasteiger partial charge in [0.15, 0.2) is 18.9 Å². The second-order valence-electron chi connectivity index (χ2n) is 23.5. The van der Waals surface area contributed by atoms with Crippen LogP contribution in [0, 0.1) is 50.2 Å². The predicted octanol–water partition coefficient (Wildman–Crippen LogP) is 1.27. The van der Waals surface area contributed by atoms with Crippen molar-refractivity contribution in [2.24, 2.45) is 50.2 Å². The molecule has 0 amide bonds. The summed E-state index contributed by atoms with van der Waals surface area (Å²) >= 11 is 0. The van der Waals surface area contributed by atoms with Crippen LogP contribution in [-0.2, 0) is 33.2 Å². The molecule has 0 unspecified atom stereocenters. The molecule has 16 heteroatoms. The van der Waals surface area contributed by atoms with E-state index in [4.69, 9.17) is 33.2 Å². The Morgan fingerprint density at radius 1 is 0.667 bits per heavy atom. The van der Waals surface area contributed by atoms with E-state index in [-0.39, 0.29) is 44.8 Å². The molecule has 0 aromatic carbocycles. The topological polar surface area (TPSA) is 247 Å². The van der Waals surface area contributed by atoms with Gasteiger partial charge in [0.05, 0.1) is 43.7 Å². The van der Waals surface area contributed by atoms with Crippen LogP contribution in [0.1, 0.15) is 107 Å². The molecule has 9 rings (SSSR count). The molecule has 4 saturated heterocycles. The highest BCUT2D eigenvalue weighted by atomic mass is 16.8. The number of hydrogen-bond donors (Lipinski definition) is 9. The summed E-state index contributed by atoms with van der Waals surface area (Å²) in [5, 5.41) is 98.1. The zero-order valence-electron chi connectivity index (χ0n) is 38.3. The van der Waals surface area contributed by atoms with Crippen molar-refractivity contribution in [2.75, 3.05) is 19.8 Å². The quantitative estimate of drug-likeness (QED) is 0.129. The van der Waals surface area contributed by atoms with Crippen LogP contribution < -0.4 is 0 Å². The lowest BCUT2D eigenvalue weighted by molar-refractivity contribution is -0.393. The van der Waals surface area contributed by atoms with E-state index in [0.29, 0.717) is 13.0 Å². The van der Waals surface area contributed by atoms with E-state index in [1.54, 1.807) is 6.92 Å². The molecule has 9 aliphatic rings. The highest BCUT2D eigenvalue weighted by Crippen LogP contribution is 2.79. The van der Waals surface area contributed by atoms with Crippen LogP contribution in [0.4, 0.5) is 0 Å². The van der Waals surface area contributed by atoms with Crippen LogP contribution in [0.3, 0.4) is 0 Å². The van der Waals surface area contributed by atoms with E-state index >= 15 is 0 Å². The fraction of sp³-hybridized carbons (Fsp3) is 0.957. The Morgan fingerprint density at radius 3 is 2.03 bits per heavy atom. The maximum absolute atomic E-state index is 12.2. The van der Waals surface area contributed by atoms with Crippen LogP contribution in [0.2, 0.25) is 0 Å². The van der Waals surface area contributed by atoms with Crippen LogP contribution in [0.15, 0.2) is 12.2 Å². The van der Waals surface area contributed by atoms with Gasteiger partial charge in [0, 0.05) is 16.7 Å². The van der Waals surface area contributed by atoms with E-state index < -0.39 is 122 Å². The Balaban J connectivity index is 0.975. The van der Waals surface area contributed by atoms with Gasteiger partial charge < -0.3 is 79.1 Å². The van der Waals surface area contributed by atoms with Gasteiger partial charge in [0.25, 0.3) is 0 Å². The second-order valence-corrected chi connectivity index (χ2v) is 23.5. The molecule has 8 fully saturated rings. The highest BCUT2D eigenvalue weighted by molar-refractivity contribution is 5.36. The molecule has 0 radical (unpaired) electrons. The molecule has 360 valence electrons. The number of hydrogen-bond acceptors (Lipinski definition) is 16. The minimum absolute atomic E-state index is 0.139. The molecule has 4 heterocycles. The summed E-state index contributed by atoms with van der Waals surface area (Å²) < 4.78 is 43.9. The normalized spacial score (nSPS) is 58.3. The van der Waals surface area contributed by atoms with Crippen molar-refractivity contribution in [2.45, 2.75) is 211 Å². The van der Waals surface area contributed by atoms with Gasteiger partial charge in [-0.15, -0.1) is 0 Å². The van der Waals surface area contributed by atoms with Gasteiger partial charge >= 0.3 is 0 Å². The third-order valence-corrected chi connectivity index (χ3v) is 19.5. The van der Waals surface area contributed by atoms with Gasteiger partial charge in [-0.2, -0.15) is 0 Å². The summed E-state index contributed by atoms with van der Waals surface area (Å²) in [7, 11) is 0. The molecule has 9 N–H and O–H groups in total. The van der Waals surface area contributed by atoms with Crippen LogP contribution in [-0.4, -0.2) is 170 Å². The molecule has 2 bridgehead atoms. The Morgan fingerprint density at radius 2 is 1.33 bits per heavy atom. The predicted molar refractivity (Wildman–Crippen MR) is 222 cm³/mol. The van der Waals surface area contributed by atoms with Crippen LogP contribution >= 0.6 is 0 Å². The van der Waals surface area contributed by atoms with Crippen LogP contribution in [0.5, 0.6) is 0 Å². The Bertz CT molecular complexity index is 1730. The SMILES string of the molecule is C[C@H]1O[C@@H](O[C@H]2CC[C@]3(C)[C@H]4C=C[C@]56OC[C@@]7(CCC(C)(C)C[C@H]75)[C@H](O)C[C@@]6(C)[C@]4(C)CC[C@H]3C2(C)C)[C@H](O[C@@H]2O[C@H](CO)[C@@H](O)[C@H](O)[C@H]2O[C@@H]2OC[C@@H](O)[C@H](O)[C@H]2O)[C@@H](O)[C@H]1O. The van der Waals surface area contributed by atoms with Gasteiger partial charge in [-0.05, 0) is 91.8 Å². The first-order valence-corrected chi connectivity index (χ1v) is 23.7. The first-order chi connectivity index (χ1) is 29.4. The van der Waals surface area contributed by atoms with Crippen molar-refractivity contribution in [3.05, 3.63) is 12.2 Å². The lowest BCUT2D eigenvalue weighted by Crippen LogP contribution is -2.72. The van der Waals surface area contributed by atoms with Crippen LogP contribution in [0.25, 0.3) is 0 Å². The summed E-state index contributed by atoms with van der Waals surface area (Å²) in [6.45, 7) is 17.6. The van der Waals surface area contributed by atoms with Crippen molar-refractivity contribution in [3.8, 4) is 0 Å². The molecule has 63 heavy (non-hydrogen) atoms. The zero-order valence-corrected chi connectivity index (χ0v) is 38.3. The van der Waals surface area contributed by atoms with E-state index in [9.17, 15) is 46.0 Å². The minimum Gasteiger partial charge on any atom is -0.394 e. The molecule has 4 saturated carbocycles. The maximum Gasteiger partial charge on any atom is 0.187 e. The highest BCUT2D eigenvalue weighted by Gasteiger charge is 2.79. The number of aliphatic hydroxyl groups is 9. The largest absolute Gasteiger partial charge is 0.394 e. The van der Waals surface area contributed by atoms with Crippen molar-refractivity contribution < 1.29 is 79.1 Å². The van der Waals surface area contributed by atoms with Gasteiger partial charge in [-0.1, -0.05) is 60.6 Å². The third kappa shape index (κ3) is 6.73. The lowest BCUT2D eigenvalue weighted by Gasteiger charge is -2.73. The van der Waals surface area contributed by atoms with E-state index in [1.807, 2.05) is 0 Å². The number of fused-ring (bicyclic) bond motifs is 4. The van der Waals surface area contributed by atoms with Crippen molar-refractivity contribution in [1.29, 1.82) is 0 Å². The summed E-state index contributed by atoms with van der Waals surface area (Å²) in [5.41, 5.74) is -1.48. The van der Waals surface area contributed by atoms with Crippen molar-refractivity contribution >= 4 is 0 Å². The van der Waals surface area contributed by atoms with Gasteiger partial charge in [-0.3, -0.25) is 0 Å². The van der Waals surface area contributed by atoms with Gasteiger partial charge in [0.2, 0.25) is 0 Å². The standard InChI is InChI=1S/C47H76O16/c1-22-30(51)33(54)36(63-40-37(34(55)32(53)24(19-48)60-40)62-38-35(56)31(52)23(49)20-57-38)39(59-22)61-29-11-12-43(6)25(42(29,4)5)9-13-44(7)26(43)10-14-47-27-17-41(2,3)15-16-46(27,21-58-47)28(50)18-45(44,47)8/h10,14,22-40,48-56H,9,11-13,15-21H2,1-8H3/t22-,23-,24-,25+,26-,27-,28-,29+,30+,31+,32-,33+,34+,35-,36-,37-,38+,39+,40+,43+,44-,45+,46-,47+/m1/s1. The summed E-state index contributed by atoms with van der Waals surface area (Å²) in [6, 6.07) is 0. The van der Waals surface area contributed by atoms with Crippen molar-refractivity contribution in [1.82, 2.24) is 0 Å². The van der Waals surface area contributed by atoms with Crippen molar-refractivity contribution in [3.63, 3.8) is 0 Å². The van der Waals surface area contributed by atoms with Gasteiger partial charge in [-0.25, -0.2) is 0 Å². The molecular formula is C47H76O16. The maximum atomic E-state index is 12.2. The molecule has 4 aliphatic heterocycles. The van der Waals surface area contributed by atoms with Gasteiger partial charge in [0.1, 0.15) is 61.0 Å². The minimum atomic E-state index is -1.78. The third-order valence-electron chi connectivity index (χ3n) is 19.5. The summed E-state index contributed by atoms with van der Waals surface area (Å²) in [6.07, 6.45) is -9.72. The molecule has 24 atom stereocenters. The Kier molecular flexibility index (Phi) is 11.8. The number of aliphatic hydroxyl groups excluding tert-OH is 9. The van der Waals surface area contributed by atoms with E-state index in [1.165, 1.54) is 0 Å². The molecule has 0 aromatic rings.